The van der Waals surface area contributed by atoms with Gasteiger partial charge in [-0.25, -0.2) is 4.98 Å². The number of thiazole rings is 1. The normalized spacial score (nSPS) is 11.7. The minimum atomic E-state index is 0.150. The predicted octanol–water partition coefficient (Wildman–Crippen LogP) is 3.17. The van der Waals surface area contributed by atoms with Crippen LogP contribution in [0.1, 0.15) is 37.2 Å². The first-order chi connectivity index (χ1) is 9.05. The molecule has 3 nitrogen and oxygen atoms in total. The van der Waals surface area contributed by atoms with E-state index in [9.17, 15) is 0 Å². The lowest BCUT2D eigenvalue weighted by atomic mass is 9.98. The van der Waals surface area contributed by atoms with Crippen LogP contribution < -0.4 is 5.32 Å². The van der Waals surface area contributed by atoms with Gasteiger partial charge in [0.2, 0.25) is 0 Å². The van der Waals surface area contributed by atoms with Crippen LogP contribution in [-0.4, -0.2) is 16.5 Å². The summed E-state index contributed by atoms with van der Waals surface area (Å²) in [6.45, 7) is 8.36. The fourth-order valence-corrected chi connectivity index (χ4v) is 2.62. The number of hydrogen-bond donors (Lipinski definition) is 1. The topological polar surface area (TPSA) is 37.8 Å². The monoisotopic (exact) mass is 275 g/mol. The number of nitrogens with zero attached hydrogens (tertiary/aromatic N) is 2. The van der Waals surface area contributed by atoms with Crippen molar-refractivity contribution in [3.63, 3.8) is 0 Å². The van der Waals surface area contributed by atoms with Crippen molar-refractivity contribution in [2.75, 3.05) is 6.54 Å². The second-order valence-corrected chi connectivity index (χ2v) is 6.50. The Morgan fingerprint density at radius 1 is 1.21 bits per heavy atom. The molecule has 2 rings (SSSR count). The Kier molecular flexibility index (Phi) is 4.66. The molecule has 0 aliphatic rings. The zero-order valence-electron chi connectivity index (χ0n) is 11.8. The molecule has 0 unspecified atom stereocenters. The summed E-state index contributed by atoms with van der Waals surface area (Å²) in [5, 5.41) is 6.77. The lowest BCUT2D eigenvalue weighted by Gasteiger charge is -2.13. The average Bonchev–Trinajstić information content (AvgIpc) is 2.85. The van der Waals surface area contributed by atoms with Gasteiger partial charge >= 0.3 is 0 Å². The van der Waals surface area contributed by atoms with E-state index in [0.717, 1.165) is 30.9 Å². The van der Waals surface area contributed by atoms with Crippen LogP contribution in [-0.2, 0) is 18.4 Å². The smallest absolute Gasteiger partial charge is 0.0982 e. The molecule has 0 atom stereocenters. The zero-order chi connectivity index (χ0) is 13.7. The van der Waals surface area contributed by atoms with E-state index in [0.29, 0.717) is 0 Å². The van der Waals surface area contributed by atoms with Gasteiger partial charge in [0, 0.05) is 42.2 Å². The van der Waals surface area contributed by atoms with Gasteiger partial charge in [-0.1, -0.05) is 26.8 Å². The van der Waals surface area contributed by atoms with Crippen molar-refractivity contribution >= 4 is 11.3 Å². The first-order valence-corrected chi connectivity index (χ1v) is 7.49. The Morgan fingerprint density at radius 2 is 2.05 bits per heavy atom. The van der Waals surface area contributed by atoms with Gasteiger partial charge in [-0.05, 0) is 12.1 Å². The molecular weight excluding hydrogens is 254 g/mol. The Morgan fingerprint density at radius 3 is 2.68 bits per heavy atom. The van der Waals surface area contributed by atoms with Crippen LogP contribution >= 0.6 is 11.3 Å². The van der Waals surface area contributed by atoms with E-state index >= 15 is 0 Å². The fraction of sp³-hybridized carbons (Fsp3) is 0.467. The van der Waals surface area contributed by atoms with Gasteiger partial charge in [-0.3, -0.25) is 4.98 Å². The summed E-state index contributed by atoms with van der Waals surface area (Å²) in [5.74, 6) is 0. The average molecular weight is 275 g/mol. The van der Waals surface area contributed by atoms with Crippen molar-refractivity contribution in [2.24, 2.45) is 0 Å². The molecular formula is C15H21N3S. The van der Waals surface area contributed by atoms with Gasteiger partial charge in [-0.2, -0.15) is 0 Å². The molecule has 0 saturated carbocycles. The third-order valence-corrected chi connectivity index (χ3v) is 4.10. The molecule has 4 heteroatoms. The molecule has 2 aromatic rings. The number of nitrogens with one attached hydrogen (secondary N) is 1. The molecule has 0 fully saturated rings. The summed E-state index contributed by atoms with van der Waals surface area (Å²) in [6.07, 6.45) is 2.79. The van der Waals surface area contributed by atoms with Crippen molar-refractivity contribution in [2.45, 2.75) is 39.2 Å². The molecule has 0 saturated heterocycles. The largest absolute Gasteiger partial charge is 0.311 e. The summed E-state index contributed by atoms with van der Waals surface area (Å²) < 4.78 is 0. The quantitative estimate of drug-likeness (QED) is 0.852. The minimum absolute atomic E-state index is 0.150. The van der Waals surface area contributed by atoms with Crippen LogP contribution in [0.3, 0.4) is 0 Å². The van der Waals surface area contributed by atoms with E-state index < -0.39 is 0 Å². The van der Waals surface area contributed by atoms with Gasteiger partial charge in [0.15, 0.2) is 0 Å². The summed E-state index contributed by atoms with van der Waals surface area (Å²) in [5.41, 5.74) is 2.41. The first-order valence-electron chi connectivity index (χ1n) is 6.61. The molecule has 0 aliphatic heterocycles. The van der Waals surface area contributed by atoms with Crippen LogP contribution in [0.2, 0.25) is 0 Å². The predicted molar refractivity (Wildman–Crippen MR) is 80.5 cm³/mol. The lowest BCUT2D eigenvalue weighted by Crippen LogP contribution is -2.18. The van der Waals surface area contributed by atoms with E-state index in [1.807, 2.05) is 18.3 Å². The van der Waals surface area contributed by atoms with Gasteiger partial charge in [0.05, 0.1) is 10.7 Å². The molecule has 0 radical (unpaired) electrons. The third kappa shape index (κ3) is 4.40. The van der Waals surface area contributed by atoms with E-state index in [1.165, 1.54) is 5.01 Å². The van der Waals surface area contributed by atoms with Crippen molar-refractivity contribution in [1.29, 1.82) is 0 Å². The molecule has 2 heterocycles. The fourth-order valence-electron chi connectivity index (χ4n) is 1.71. The molecule has 0 aromatic carbocycles. The van der Waals surface area contributed by atoms with E-state index in [-0.39, 0.29) is 5.41 Å². The Balaban J connectivity index is 1.76. The van der Waals surface area contributed by atoms with Gasteiger partial charge in [0.1, 0.15) is 0 Å². The lowest BCUT2D eigenvalue weighted by molar-refractivity contribution is 0.579. The molecule has 0 bridgehead atoms. The van der Waals surface area contributed by atoms with Crippen molar-refractivity contribution in [3.05, 3.63) is 46.2 Å². The minimum Gasteiger partial charge on any atom is -0.311 e. The zero-order valence-corrected chi connectivity index (χ0v) is 12.6. The molecule has 102 valence electrons. The molecule has 0 spiro atoms. The number of aromatic nitrogens is 2. The SMILES string of the molecule is CC(C)(C)c1nc(CNCCc2ccccn2)cs1. The number of hydrogen-bond acceptors (Lipinski definition) is 4. The standard InChI is InChI=1S/C15H21N3S/c1-15(2,3)14-18-13(11-19-14)10-16-9-7-12-6-4-5-8-17-12/h4-6,8,11,16H,7,9-10H2,1-3H3. The highest BCUT2D eigenvalue weighted by molar-refractivity contribution is 7.09. The van der Waals surface area contributed by atoms with Crippen molar-refractivity contribution < 1.29 is 0 Å². The maximum absolute atomic E-state index is 4.67. The Hall–Kier alpha value is -1.26. The Labute approximate surface area is 119 Å². The summed E-state index contributed by atoms with van der Waals surface area (Å²) in [4.78, 5) is 8.97. The highest BCUT2D eigenvalue weighted by atomic mass is 32.1. The van der Waals surface area contributed by atoms with Gasteiger partial charge in [0.25, 0.3) is 0 Å². The molecule has 0 amide bonds. The van der Waals surface area contributed by atoms with Crippen LogP contribution in [0.25, 0.3) is 0 Å². The first kappa shape index (κ1) is 14.2. The highest BCUT2D eigenvalue weighted by Gasteiger charge is 2.17. The van der Waals surface area contributed by atoms with Crippen LogP contribution in [0.15, 0.2) is 29.8 Å². The highest BCUT2D eigenvalue weighted by Crippen LogP contribution is 2.25. The summed E-state index contributed by atoms with van der Waals surface area (Å²) in [6, 6.07) is 6.03. The molecule has 2 aromatic heterocycles. The number of rotatable bonds is 5. The van der Waals surface area contributed by atoms with Crippen molar-refractivity contribution in [1.82, 2.24) is 15.3 Å². The maximum atomic E-state index is 4.67. The summed E-state index contributed by atoms with van der Waals surface area (Å²) in [7, 11) is 0. The maximum Gasteiger partial charge on any atom is 0.0982 e. The van der Waals surface area contributed by atoms with E-state index in [1.54, 1.807) is 11.3 Å². The van der Waals surface area contributed by atoms with E-state index in [4.69, 9.17) is 0 Å². The molecule has 0 aliphatic carbocycles. The molecule has 19 heavy (non-hydrogen) atoms. The van der Waals surface area contributed by atoms with Crippen LogP contribution in [0.4, 0.5) is 0 Å². The van der Waals surface area contributed by atoms with Crippen LogP contribution in [0, 0.1) is 0 Å². The van der Waals surface area contributed by atoms with E-state index in [2.05, 4.69) is 47.5 Å². The van der Waals surface area contributed by atoms with Crippen molar-refractivity contribution in [3.8, 4) is 0 Å². The second-order valence-electron chi connectivity index (χ2n) is 5.64. The van der Waals surface area contributed by atoms with Gasteiger partial charge in [-0.15, -0.1) is 11.3 Å². The second kappa shape index (κ2) is 6.26. The third-order valence-electron chi connectivity index (χ3n) is 2.78. The van der Waals surface area contributed by atoms with Crippen LogP contribution in [0.5, 0.6) is 0 Å². The number of pyridine rings is 1. The summed E-state index contributed by atoms with van der Waals surface area (Å²) >= 11 is 1.75. The molecule has 1 N–H and O–H groups in total. The van der Waals surface area contributed by atoms with Gasteiger partial charge < -0.3 is 5.32 Å². The Bertz CT molecular complexity index is 500.